The fourth-order valence-electron chi connectivity index (χ4n) is 6.14. The van der Waals surface area contributed by atoms with Gasteiger partial charge in [0.15, 0.2) is 5.82 Å². The van der Waals surface area contributed by atoms with Gasteiger partial charge >= 0.3 is 0 Å². The second kappa shape index (κ2) is 11.1. The Morgan fingerprint density at radius 3 is 2.72 bits per heavy atom. The molecule has 2 unspecified atom stereocenters. The van der Waals surface area contributed by atoms with Crippen molar-refractivity contribution in [1.82, 2.24) is 20.1 Å². The van der Waals surface area contributed by atoms with Gasteiger partial charge < -0.3 is 25.4 Å². The van der Waals surface area contributed by atoms with Crippen molar-refractivity contribution in [1.29, 1.82) is 0 Å². The number of phenols is 1. The Hall–Kier alpha value is -3.87. The number of aromatic nitrogens is 3. The number of piperazine rings is 1. The van der Waals surface area contributed by atoms with Gasteiger partial charge in [-0.05, 0) is 55.5 Å². The van der Waals surface area contributed by atoms with Crippen molar-refractivity contribution in [2.75, 3.05) is 54.9 Å². The molecule has 9 heteroatoms. The van der Waals surface area contributed by atoms with E-state index >= 15 is 0 Å². The summed E-state index contributed by atoms with van der Waals surface area (Å²) in [7, 11) is 0. The van der Waals surface area contributed by atoms with E-state index in [1.54, 1.807) is 12.1 Å². The van der Waals surface area contributed by atoms with Crippen LogP contribution in [0.4, 0.5) is 17.2 Å². The van der Waals surface area contributed by atoms with Gasteiger partial charge in [0.1, 0.15) is 11.4 Å². The van der Waals surface area contributed by atoms with Crippen LogP contribution in [0.25, 0.3) is 11.3 Å². The predicted octanol–water partition coefficient (Wildman–Crippen LogP) is 3.15. The number of phenolic OH excluding ortho intramolecular Hbond substituents is 1. The molecule has 3 aliphatic rings. The maximum absolute atomic E-state index is 10.3. The molecule has 202 valence electrons. The fourth-order valence-corrected chi connectivity index (χ4v) is 6.14. The molecule has 2 bridgehead atoms. The number of anilines is 3. The first-order valence-electron chi connectivity index (χ1n) is 13.8. The first-order valence-corrected chi connectivity index (χ1v) is 13.8. The van der Waals surface area contributed by atoms with Crippen molar-refractivity contribution in [3.63, 3.8) is 0 Å². The Bertz CT molecular complexity index is 1370. The van der Waals surface area contributed by atoms with Gasteiger partial charge in [0.25, 0.3) is 0 Å². The molecule has 3 atom stereocenters. The van der Waals surface area contributed by atoms with Crippen LogP contribution in [0, 0.1) is 11.8 Å². The number of benzene rings is 1. The summed E-state index contributed by atoms with van der Waals surface area (Å²) in [4.78, 5) is 11.8. The molecule has 3 saturated heterocycles. The highest BCUT2D eigenvalue weighted by Crippen LogP contribution is 2.39. The molecule has 39 heavy (non-hydrogen) atoms. The van der Waals surface area contributed by atoms with E-state index in [2.05, 4.69) is 60.8 Å². The number of pyridine rings is 1. The molecule has 9 nitrogen and oxygen atoms in total. The first-order chi connectivity index (χ1) is 19.1. The maximum Gasteiger partial charge on any atom is 0.169 e. The number of nitrogen functional groups attached to an aromatic ring is 1. The van der Waals surface area contributed by atoms with E-state index in [4.69, 9.17) is 10.5 Å². The molecule has 3 N–H and O–H groups in total. The maximum atomic E-state index is 10.3. The fraction of sp³-hybridized carbons (Fsp3) is 0.433. The van der Waals surface area contributed by atoms with Crippen LogP contribution in [0.2, 0.25) is 0 Å². The van der Waals surface area contributed by atoms with Gasteiger partial charge in [-0.1, -0.05) is 25.0 Å². The van der Waals surface area contributed by atoms with Crippen molar-refractivity contribution < 1.29 is 9.84 Å². The van der Waals surface area contributed by atoms with E-state index in [0.717, 1.165) is 70.0 Å². The molecule has 3 fully saturated rings. The molecule has 0 aliphatic carbocycles. The molecular formula is C30H35N7O2. The Morgan fingerprint density at radius 1 is 1.10 bits per heavy atom. The molecule has 0 amide bonds. The van der Waals surface area contributed by atoms with Crippen LogP contribution in [-0.2, 0) is 4.74 Å². The Morgan fingerprint density at radius 2 is 1.92 bits per heavy atom. The summed E-state index contributed by atoms with van der Waals surface area (Å²) < 4.78 is 5.62. The second-order valence-corrected chi connectivity index (χ2v) is 10.5. The monoisotopic (exact) mass is 525 g/mol. The van der Waals surface area contributed by atoms with E-state index in [9.17, 15) is 5.11 Å². The van der Waals surface area contributed by atoms with Crippen molar-refractivity contribution in [3.05, 3.63) is 54.4 Å². The minimum Gasteiger partial charge on any atom is -0.507 e. The number of nitrogens with two attached hydrogens (primary N) is 1. The third-order valence-corrected chi connectivity index (χ3v) is 8.17. The quantitative estimate of drug-likeness (QED) is 0.486. The highest BCUT2D eigenvalue weighted by Gasteiger charge is 2.40. The second-order valence-electron chi connectivity index (χ2n) is 10.5. The van der Waals surface area contributed by atoms with Crippen molar-refractivity contribution >= 4 is 17.2 Å². The van der Waals surface area contributed by atoms with Gasteiger partial charge in [-0.25, -0.2) is 4.98 Å². The zero-order valence-electron chi connectivity index (χ0n) is 22.3. The molecule has 5 heterocycles. The van der Waals surface area contributed by atoms with E-state index in [-0.39, 0.29) is 5.75 Å². The number of nitrogens with zero attached hydrogens (tertiary/aromatic N) is 6. The van der Waals surface area contributed by atoms with Crippen molar-refractivity contribution in [2.24, 2.45) is 0 Å². The van der Waals surface area contributed by atoms with E-state index in [0.29, 0.717) is 35.2 Å². The molecule has 3 aromatic rings. The smallest absolute Gasteiger partial charge is 0.169 e. The highest BCUT2D eigenvalue weighted by molar-refractivity contribution is 5.74. The summed E-state index contributed by atoms with van der Waals surface area (Å²) in [6, 6.07) is 14.5. The van der Waals surface area contributed by atoms with Crippen molar-refractivity contribution in [3.8, 4) is 28.8 Å². The first kappa shape index (κ1) is 25.4. The van der Waals surface area contributed by atoms with Crippen LogP contribution in [0.1, 0.15) is 31.9 Å². The number of ether oxygens (including phenoxy) is 1. The topological polar surface area (TPSA) is 104 Å². The average Bonchev–Trinajstić information content (AvgIpc) is 3.23. The lowest BCUT2D eigenvalue weighted by Crippen LogP contribution is -2.54. The summed E-state index contributed by atoms with van der Waals surface area (Å²) in [5.41, 5.74) is 10.4. The van der Waals surface area contributed by atoms with Gasteiger partial charge in [-0.2, -0.15) is 0 Å². The summed E-state index contributed by atoms with van der Waals surface area (Å²) >= 11 is 0. The number of hydrogen-bond acceptors (Lipinski definition) is 9. The van der Waals surface area contributed by atoms with Crippen LogP contribution in [0.15, 0.2) is 48.7 Å². The van der Waals surface area contributed by atoms with Gasteiger partial charge in [0, 0.05) is 55.2 Å². The summed E-state index contributed by atoms with van der Waals surface area (Å²) in [5, 5.41) is 18.8. The standard InChI is InChI=1S/C30H35N7O2/c1-2-22-20-39-15-14-35(22)13-5-6-21-16-23(11-12-32-21)37-24-9-10-25(37)19-36(18-24)28-17-27(33-34-30(28)31)26-7-3-4-8-29(26)38/h3-4,7-8,11-12,16-17,22,24-25,38H,2,9-10,13-15,18-20H2,1H3,(H2,31,34)/t22-,24?,25?/m0/s1. The third kappa shape index (κ3) is 5.22. The van der Waals surface area contributed by atoms with E-state index < -0.39 is 0 Å². The van der Waals surface area contributed by atoms with Crippen LogP contribution >= 0.6 is 0 Å². The van der Waals surface area contributed by atoms with Gasteiger partial charge in [-0.3, -0.25) is 4.90 Å². The number of fused-ring (bicyclic) bond motifs is 2. The lowest BCUT2D eigenvalue weighted by Gasteiger charge is -2.43. The number of para-hydroxylation sites is 1. The zero-order chi connectivity index (χ0) is 26.8. The van der Waals surface area contributed by atoms with Crippen LogP contribution in [0.5, 0.6) is 5.75 Å². The number of hydrogen-bond donors (Lipinski definition) is 2. The number of rotatable bonds is 5. The minimum absolute atomic E-state index is 0.180. The van der Waals surface area contributed by atoms with Crippen molar-refractivity contribution in [2.45, 2.75) is 44.3 Å². The van der Waals surface area contributed by atoms with E-state index in [1.807, 2.05) is 24.4 Å². The Kier molecular flexibility index (Phi) is 7.22. The molecule has 6 rings (SSSR count). The number of aromatic hydroxyl groups is 1. The molecule has 3 aliphatic heterocycles. The molecule has 2 aromatic heterocycles. The molecular weight excluding hydrogens is 490 g/mol. The molecule has 0 saturated carbocycles. The molecule has 0 radical (unpaired) electrons. The highest BCUT2D eigenvalue weighted by atomic mass is 16.5. The SMILES string of the molecule is CC[C@H]1COCCN1CC#Cc1cc(N2C3CCC2CN(c2cc(-c4ccccc4O)nnc2N)C3)ccn1. The van der Waals surface area contributed by atoms with Crippen LogP contribution in [0.3, 0.4) is 0 Å². The average molecular weight is 526 g/mol. The summed E-state index contributed by atoms with van der Waals surface area (Å²) in [6.45, 7) is 7.11. The lowest BCUT2D eigenvalue weighted by atomic mass is 10.1. The number of morpholine rings is 1. The van der Waals surface area contributed by atoms with Crippen LogP contribution < -0.4 is 15.5 Å². The Labute approximate surface area is 229 Å². The van der Waals surface area contributed by atoms with Crippen LogP contribution in [-0.4, -0.2) is 82.7 Å². The molecule has 0 spiro atoms. The lowest BCUT2D eigenvalue weighted by molar-refractivity contribution is -0.00177. The Balaban J connectivity index is 1.17. The van der Waals surface area contributed by atoms with Gasteiger partial charge in [0.05, 0.1) is 31.1 Å². The van der Waals surface area contributed by atoms with Gasteiger partial charge in [-0.15, -0.1) is 10.2 Å². The molecule has 1 aromatic carbocycles. The normalized spacial score (nSPS) is 22.9. The van der Waals surface area contributed by atoms with Gasteiger partial charge in [0.2, 0.25) is 0 Å². The largest absolute Gasteiger partial charge is 0.507 e. The summed E-state index contributed by atoms with van der Waals surface area (Å²) in [5.74, 6) is 7.24. The third-order valence-electron chi connectivity index (χ3n) is 8.17. The predicted molar refractivity (Wildman–Crippen MR) is 153 cm³/mol. The summed E-state index contributed by atoms with van der Waals surface area (Å²) in [6.07, 6.45) is 5.18. The minimum atomic E-state index is 0.180. The van der Waals surface area contributed by atoms with E-state index in [1.165, 1.54) is 5.69 Å². The zero-order valence-corrected chi connectivity index (χ0v) is 22.3.